The molecule has 0 aliphatic rings. The summed E-state index contributed by atoms with van der Waals surface area (Å²) >= 11 is 3.24. The minimum atomic E-state index is -0.838. The monoisotopic (exact) mass is 355 g/mol. The molecule has 112 valence electrons. The van der Waals surface area contributed by atoms with Gasteiger partial charge < -0.3 is 10.8 Å². The average molecular weight is 356 g/mol. The van der Waals surface area contributed by atoms with E-state index in [9.17, 15) is 13.9 Å². The Labute approximate surface area is 130 Å². The number of nitrogens with two attached hydrogens (primary N) is 1. The summed E-state index contributed by atoms with van der Waals surface area (Å²) in [4.78, 5) is 0. The van der Waals surface area contributed by atoms with Crippen LogP contribution in [0.4, 0.5) is 8.78 Å². The molecule has 0 radical (unpaired) electrons. The summed E-state index contributed by atoms with van der Waals surface area (Å²) in [6, 6.07) is 10.5. The van der Waals surface area contributed by atoms with Crippen LogP contribution in [0.25, 0.3) is 0 Å². The summed E-state index contributed by atoms with van der Waals surface area (Å²) in [6.07, 6.45) is 0.319. The van der Waals surface area contributed by atoms with Crippen LogP contribution in [-0.2, 0) is 11.8 Å². The highest BCUT2D eigenvalue weighted by atomic mass is 79.9. The normalized spacial score (nSPS) is 14.0. The van der Waals surface area contributed by atoms with Gasteiger partial charge >= 0.3 is 0 Å². The van der Waals surface area contributed by atoms with Crippen molar-refractivity contribution < 1.29 is 13.9 Å². The average Bonchev–Trinajstić information content (AvgIpc) is 2.44. The maximum Gasteiger partial charge on any atom is 0.124 e. The van der Waals surface area contributed by atoms with Crippen LogP contribution in [-0.4, -0.2) is 18.3 Å². The number of aliphatic hydroxyl groups excluding tert-OH is 1. The van der Waals surface area contributed by atoms with Crippen molar-refractivity contribution in [3.05, 3.63) is 69.7 Å². The highest BCUT2D eigenvalue weighted by Crippen LogP contribution is 2.29. The summed E-state index contributed by atoms with van der Waals surface area (Å²) in [6.45, 7) is -0.123. The molecule has 0 aromatic heterocycles. The van der Waals surface area contributed by atoms with E-state index in [0.717, 1.165) is 0 Å². The van der Waals surface area contributed by atoms with E-state index in [-0.39, 0.29) is 24.8 Å². The fourth-order valence-corrected chi connectivity index (χ4v) is 2.94. The SMILES string of the molecule is NCC(CO)(Cc1cc(F)cc(Br)c1)c1cccc(F)c1. The van der Waals surface area contributed by atoms with Crippen molar-refractivity contribution in [2.75, 3.05) is 13.2 Å². The summed E-state index contributed by atoms with van der Waals surface area (Å²) in [5.74, 6) is -0.762. The molecule has 3 N–H and O–H groups in total. The Morgan fingerprint density at radius 1 is 1.10 bits per heavy atom. The number of benzene rings is 2. The third-order valence-electron chi connectivity index (χ3n) is 3.60. The Hall–Kier alpha value is -1.30. The third kappa shape index (κ3) is 3.67. The van der Waals surface area contributed by atoms with Crippen molar-refractivity contribution >= 4 is 15.9 Å². The molecule has 0 amide bonds. The Kier molecular flexibility index (Phi) is 5.08. The first-order chi connectivity index (χ1) is 9.99. The summed E-state index contributed by atoms with van der Waals surface area (Å²) in [5.41, 5.74) is 6.29. The standard InChI is InChI=1S/C16H16BrF2NO/c17-13-4-11(5-15(19)7-13)8-16(9-20,10-21)12-2-1-3-14(18)6-12/h1-7,21H,8-10,20H2. The van der Waals surface area contributed by atoms with Crippen LogP contribution in [0.3, 0.4) is 0 Å². The molecule has 0 saturated heterocycles. The second-order valence-corrected chi connectivity index (χ2v) is 6.02. The van der Waals surface area contributed by atoms with Gasteiger partial charge in [0.1, 0.15) is 11.6 Å². The zero-order valence-electron chi connectivity index (χ0n) is 11.3. The molecular weight excluding hydrogens is 340 g/mol. The van der Waals surface area contributed by atoms with Crippen molar-refractivity contribution in [2.24, 2.45) is 5.73 Å². The Morgan fingerprint density at radius 2 is 1.86 bits per heavy atom. The fourth-order valence-electron chi connectivity index (χ4n) is 2.43. The lowest BCUT2D eigenvalue weighted by Gasteiger charge is -2.31. The molecule has 0 heterocycles. The first-order valence-electron chi connectivity index (χ1n) is 6.51. The van der Waals surface area contributed by atoms with Gasteiger partial charge in [-0.25, -0.2) is 8.78 Å². The Bertz CT molecular complexity index is 609. The molecule has 0 fully saturated rings. The minimum Gasteiger partial charge on any atom is -0.395 e. The second kappa shape index (κ2) is 6.64. The van der Waals surface area contributed by atoms with E-state index in [1.807, 2.05) is 0 Å². The lowest BCUT2D eigenvalue weighted by molar-refractivity contribution is 0.195. The molecule has 0 aliphatic heterocycles. The molecule has 1 unspecified atom stereocenters. The van der Waals surface area contributed by atoms with Gasteiger partial charge in [0.25, 0.3) is 0 Å². The highest BCUT2D eigenvalue weighted by molar-refractivity contribution is 9.10. The number of rotatable bonds is 5. The van der Waals surface area contributed by atoms with Crippen LogP contribution in [0.15, 0.2) is 46.9 Å². The highest BCUT2D eigenvalue weighted by Gasteiger charge is 2.31. The van der Waals surface area contributed by atoms with Crippen LogP contribution in [0.1, 0.15) is 11.1 Å². The van der Waals surface area contributed by atoms with E-state index in [1.54, 1.807) is 18.2 Å². The smallest absolute Gasteiger partial charge is 0.124 e. The molecule has 2 nitrogen and oxygen atoms in total. The van der Waals surface area contributed by atoms with Gasteiger partial charge in [0, 0.05) is 16.4 Å². The van der Waals surface area contributed by atoms with Crippen molar-refractivity contribution in [2.45, 2.75) is 11.8 Å². The maximum atomic E-state index is 13.5. The van der Waals surface area contributed by atoms with Gasteiger partial charge in [-0.15, -0.1) is 0 Å². The summed E-state index contributed by atoms with van der Waals surface area (Å²) in [7, 11) is 0. The van der Waals surface area contributed by atoms with E-state index in [1.165, 1.54) is 24.3 Å². The maximum absolute atomic E-state index is 13.5. The zero-order chi connectivity index (χ0) is 15.5. The quantitative estimate of drug-likeness (QED) is 0.865. The molecule has 0 aliphatic carbocycles. The second-order valence-electron chi connectivity index (χ2n) is 5.11. The van der Waals surface area contributed by atoms with Gasteiger partial charge in [-0.3, -0.25) is 0 Å². The van der Waals surface area contributed by atoms with Crippen molar-refractivity contribution in [1.29, 1.82) is 0 Å². The first-order valence-corrected chi connectivity index (χ1v) is 7.30. The van der Waals surface area contributed by atoms with Crippen LogP contribution < -0.4 is 5.73 Å². The Balaban J connectivity index is 2.42. The lowest BCUT2D eigenvalue weighted by atomic mass is 9.76. The number of hydrogen-bond donors (Lipinski definition) is 2. The van der Waals surface area contributed by atoms with Crippen LogP contribution in [0.5, 0.6) is 0 Å². The van der Waals surface area contributed by atoms with Crippen LogP contribution in [0, 0.1) is 11.6 Å². The molecule has 21 heavy (non-hydrogen) atoms. The summed E-state index contributed by atoms with van der Waals surface area (Å²) < 4.78 is 27.6. The van der Waals surface area contributed by atoms with Gasteiger partial charge in [0.05, 0.1) is 6.61 Å². The van der Waals surface area contributed by atoms with Crippen LogP contribution in [0.2, 0.25) is 0 Å². The van der Waals surface area contributed by atoms with Gasteiger partial charge in [0.2, 0.25) is 0 Å². The lowest BCUT2D eigenvalue weighted by Crippen LogP contribution is -2.41. The molecule has 2 rings (SSSR count). The molecule has 5 heteroatoms. The Morgan fingerprint density at radius 3 is 2.43 bits per heavy atom. The molecule has 0 bridgehead atoms. The van der Waals surface area contributed by atoms with E-state index >= 15 is 0 Å². The molecule has 2 aromatic carbocycles. The van der Waals surface area contributed by atoms with E-state index in [2.05, 4.69) is 15.9 Å². The predicted octanol–water partition coefficient (Wildman–Crippen LogP) is 3.16. The molecule has 0 spiro atoms. The minimum absolute atomic E-state index is 0.126. The summed E-state index contributed by atoms with van der Waals surface area (Å²) in [5, 5.41) is 9.81. The fraction of sp³-hybridized carbons (Fsp3) is 0.250. The van der Waals surface area contributed by atoms with Crippen LogP contribution >= 0.6 is 15.9 Å². The molecule has 2 aromatic rings. The van der Waals surface area contributed by atoms with Gasteiger partial charge in [-0.1, -0.05) is 28.1 Å². The third-order valence-corrected chi connectivity index (χ3v) is 4.05. The molecule has 0 saturated carbocycles. The number of aliphatic hydroxyl groups is 1. The van der Waals surface area contributed by atoms with Gasteiger partial charge in [0.15, 0.2) is 0 Å². The largest absolute Gasteiger partial charge is 0.395 e. The van der Waals surface area contributed by atoms with E-state index in [0.29, 0.717) is 22.0 Å². The van der Waals surface area contributed by atoms with Gasteiger partial charge in [-0.05, 0) is 47.9 Å². The van der Waals surface area contributed by atoms with Crippen molar-refractivity contribution in [3.63, 3.8) is 0 Å². The first kappa shape index (κ1) is 16.1. The number of halogens is 3. The molecular formula is C16H16BrF2NO. The van der Waals surface area contributed by atoms with E-state index < -0.39 is 5.41 Å². The zero-order valence-corrected chi connectivity index (χ0v) is 12.9. The topological polar surface area (TPSA) is 46.2 Å². The van der Waals surface area contributed by atoms with E-state index in [4.69, 9.17) is 5.73 Å². The van der Waals surface area contributed by atoms with Crippen molar-refractivity contribution in [1.82, 2.24) is 0 Å². The number of hydrogen-bond acceptors (Lipinski definition) is 2. The molecule has 1 atom stereocenters. The predicted molar refractivity (Wildman–Crippen MR) is 82.0 cm³/mol. The van der Waals surface area contributed by atoms with Gasteiger partial charge in [-0.2, -0.15) is 0 Å². The van der Waals surface area contributed by atoms with Crippen molar-refractivity contribution in [3.8, 4) is 0 Å².